The van der Waals surface area contributed by atoms with Crippen LogP contribution in [0.4, 0.5) is 0 Å². The molecule has 0 amide bonds. The van der Waals surface area contributed by atoms with Gasteiger partial charge in [0.1, 0.15) is 0 Å². The van der Waals surface area contributed by atoms with Gasteiger partial charge in [-0.15, -0.1) is 37.2 Å². The van der Waals surface area contributed by atoms with E-state index >= 15 is 0 Å². The topological polar surface area (TPSA) is 0 Å². The fourth-order valence-corrected chi connectivity index (χ4v) is 1.57. The molecule has 0 bridgehead atoms. The van der Waals surface area contributed by atoms with E-state index in [-0.39, 0.29) is 41.3 Å². The Morgan fingerprint density at radius 1 is 1.31 bits per heavy atom. The normalized spacial score (nSPS) is 23.7. The molecule has 78 valence electrons. The summed E-state index contributed by atoms with van der Waals surface area (Å²) >= 11 is 2.69. The second kappa shape index (κ2) is 8.26. The zero-order chi connectivity index (χ0) is 7.61. The first-order valence-corrected chi connectivity index (χ1v) is 4.47. The van der Waals surface area contributed by atoms with Crippen molar-refractivity contribution in [1.29, 1.82) is 0 Å². The van der Waals surface area contributed by atoms with Crippen molar-refractivity contribution in [1.82, 2.24) is 0 Å². The van der Waals surface area contributed by atoms with Gasteiger partial charge in [-0.2, -0.15) is 0 Å². The molecular weight excluding hydrogens is 265 g/mol. The molecule has 0 heterocycles. The maximum absolute atomic E-state index is 2.69. The van der Waals surface area contributed by atoms with E-state index in [0.717, 1.165) is 0 Å². The van der Waals surface area contributed by atoms with Gasteiger partial charge in [-0.05, 0) is 0 Å². The van der Waals surface area contributed by atoms with Gasteiger partial charge in [0.15, 0.2) is 0 Å². The maximum Gasteiger partial charge on any atom is -0.147 e. The summed E-state index contributed by atoms with van der Waals surface area (Å²) in [5.74, 6) is 0. The molecule has 0 radical (unpaired) electrons. The van der Waals surface area contributed by atoms with Crippen LogP contribution in [0.25, 0.3) is 0 Å². The molecule has 0 nitrogen and oxygen atoms in total. The molecule has 13 heavy (non-hydrogen) atoms. The van der Waals surface area contributed by atoms with Gasteiger partial charge in [0, 0.05) is 0 Å². The van der Waals surface area contributed by atoms with Crippen molar-refractivity contribution in [2.45, 2.75) is 30.8 Å². The van der Waals surface area contributed by atoms with Crippen LogP contribution in [-0.2, 0) is 17.4 Å². The quantitative estimate of drug-likeness (QED) is 0.709. The van der Waals surface area contributed by atoms with Gasteiger partial charge in [0.2, 0.25) is 0 Å². The molecule has 0 aliphatic heterocycles. The molecule has 0 N–H and O–H groups in total. The molecule has 0 fully saturated rings. The Labute approximate surface area is 109 Å². The minimum absolute atomic E-state index is 0. The molecule has 0 spiro atoms. The summed E-state index contributed by atoms with van der Waals surface area (Å²) in [7, 11) is 0. The van der Waals surface area contributed by atoms with Crippen LogP contribution in [0.2, 0.25) is 4.13 Å². The number of rotatable bonds is 2. The molecule has 1 aliphatic rings. The second-order valence-electron chi connectivity index (χ2n) is 3.03. The zero-order valence-corrected chi connectivity index (χ0v) is 11.7. The SMILES string of the molecule is CCCC1=C[C](C)([V])C=C1.Cl.Cl.Cl. The van der Waals surface area contributed by atoms with Gasteiger partial charge < -0.3 is 0 Å². The third kappa shape index (κ3) is 6.93. The second-order valence-corrected chi connectivity index (χ2v) is 4.53. The predicted octanol–water partition coefficient (Wildman–Crippen LogP) is 4.27. The Kier molecular flexibility index (Phi) is 12.4. The van der Waals surface area contributed by atoms with Crippen LogP contribution in [0.3, 0.4) is 0 Å². The summed E-state index contributed by atoms with van der Waals surface area (Å²) < 4.78 is 0.261. The Morgan fingerprint density at radius 3 is 2.15 bits per heavy atom. The van der Waals surface area contributed by atoms with Crippen molar-refractivity contribution < 1.29 is 17.4 Å². The largest absolute Gasteiger partial charge is 0.147 e. The standard InChI is InChI=1S/C9H13.3ClH.V/c1-3-4-9-6-5-8(2)7-9;;;;/h5-7H,3-4H2,1-2H3;3*1H;. The van der Waals surface area contributed by atoms with Gasteiger partial charge in [-0.3, -0.25) is 0 Å². The minimum atomic E-state index is 0. The average molecular weight is 282 g/mol. The van der Waals surface area contributed by atoms with Crippen LogP contribution in [0.1, 0.15) is 26.7 Å². The molecule has 0 saturated heterocycles. The van der Waals surface area contributed by atoms with Crippen molar-refractivity contribution in [2.24, 2.45) is 0 Å². The first-order valence-electron chi connectivity index (χ1n) is 3.77. The van der Waals surface area contributed by atoms with Crippen molar-refractivity contribution in [3.8, 4) is 0 Å². The Bertz CT molecular complexity index is 185. The molecular formula is C9H16Cl3V. The third-order valence-corrected chi connectivity index (χ3v) is 2.09. The smallest absolute Gasteiger partial charge is 0.147 e. The first kappa shape index (κ1) is 19.5. The molecule has 0 saturated carbocycles. The van der Waals surface area contributed by atoms with Gasteiger partial charge >= 0.3 is 72.0 Å². The Hall–Kier alpha value is 0.934. The molecule has 4 heteroatoms. The van der Waals surface area contributed by atoms with Crippen LogP contribution in [0.5, 0.6) is 0 Å². The van der Waals surface area contributed by atoms with Crippen molar-refractivity contribution in [3.05, 3.63) is 23.8 Å². The summed E-state index contributed by atoms with van der Waals surface area (Å²) in [5.41, 5.74) is 1.49. The summed E-state index contributed by atoms with van der Waals surface area (Å²) in [6.07, 6.45) is 9.29. The summed E-state index contributed by atoms with van der Waals surface area (Å²) in [5, 5.41) is 0. The first-order chi connectivity index (χ1) is 4.64. The molecule has 0 aromatic carbocycles. The maximum atomic E-state index is 2.69. The van der Waals surface area contributed by atoms with E-state index in [9.17, 15) is 0 Å². The predicted molar refractivity (Wildman–Crippen MR) is 62.2 cm³/mol. The molecule has 1 aliphatic carbocycles. The van der Waals surface area contributed by atoms with E-state index in [4.69, 9.17) is 0 Å². The van der Waals surface area contributed by atoms with Gasteiger partial charge in [-0.25, -0.2) is 0 Å². The number of hydrogen-bond acceptors (Lipinski definition) is 0. The average Bonchev–Trinajstić information content (AvgIpc) is 2.12. The monoisotopic (exact) mass is 280 g/mol. The fourth-order valence-electron chi connectivity index (χ4n) is 1.19. The summed E-state index contributed by atoms with van der Waals surface area (Å²) in [4.78, 5) is 0. The van der Waals surface area contributed by atoms with Crippen molar-refractivity contribution in [3.63, 3.8) is 0 Å². The van der Waals surface area contributed by atoms with Crippen LogP contribution in [0, 0.1) is 0 Å². The van der Waals surface area contributed by atoms with E-state index in [2.05, 4.69) is 49.5 Å². The third-order valence-electron chi connectivity index (χ3n) is 1.65. The van der Waals surface area contributed by atoms with Crippen LogP contribution in [0.15, 0.2) is 23.8 Å². The Balaban J connectivity index is -0.000000333. The molecule has 1 unspecified atom stereocenters. The Morgan fingerprint density at radius 2 is 1.85 bits per heavy atom. The number of hydrogen-bond donors (Lipinski definition) is 0. The number of halogens is 3. The summed E-state index contributed by atoms with van der Waals surface area (Å²) in [6.45, 7) is 4.43. The van der Waals surface area contributed by atoms with Gasteiger partial charge in [0.05, 0.1) is 0 Å². The fraction of sp³-hybridized carbons (Fsp3) is 0.556. The van der Waals surface area contributed by atoms with E-state index < -0.39 is 0 Å². The molecule has 0 aromatic rings. The van der Waals surface area contributed by atoms with Crippen LogP contribution in [-0.4, -0.2) is 0 Å². The molecule has 1 rings (SSSR count). The molecule has 0 aromatic heterocycles. The zero-order valence-electron chi connectivity index (χ0n) is 7.82. The van der Waals surface area contributed by atoms with Gasteiger partial charge in [0.25, 0.3) is 0 Å². The van der Waals surface area contributed by atoms with E-state index in [0.29, 0.717) is 0 Å². The van der Waals surface area contributed by atoms with Crippen LogP contribution >= 0.6 is 37.2 Å². The van der Waals surface area contributed by atoms with Gasteiger partial charge in [-0.1, -0.05) is 0 Å². The van der Waals surface area contributed by atoms with E-state index in [1.807, 2.05) is 0 Å². The molecule has 1 atom stereocenters. The van der Waals surface area contributed by atoms with Crippen LogP contribution < -0.4 is 0 Å². The summed E-state index contributed by atoms with van der Waals surface area (Å²) in [6, 6.07) is 0. The van der Waals surface area contributed by atoms with Crippen molar-refractivity contribution >= 4 is 37.2 Å². The van der Waals surface area contributed by atoms with Crippen molar-refractivity contribution in [2.75, 3.05) is 0 Å². The van der Waals surface area contributed by atoms with E-state index in [1.165, 1.54) is 18.4 Å². The number of allylic oxidation sites excluding steroid dienone is 4. The van der Waals surface area contributed by atoms with E-state index in [1.54, 1.807) is 0 Å². The minimum Gasteiger partial charge on any atom is -0.147 e.